The van der Waals surface area contributed by atoms with Crippen molar-refractivity contribution in [2.24, 2.45) is 5.41 Å². The summed E-state index contributed by atoms with van der Waals surface area (Å²) >= 11 is 0. The van der Waals surface area contributed by atoms with Crippen LogP contribution >= 0.6 is 0 Å². The zero-order valence-electron chi connectivity index (χ0n) is 9.78. The summed E-state index contributed by atoms with van der Waals surface area (Å²) in [5, 5.41) is 26.6. The molecule has 1 aromatic heterocycles. The topological polar surface area (TPSA) is 76.3 Å². The molecular formula is C12H9F3N4. The monoisotopic (exact) mass is 266 g/mol. The van der Waals surface area contributed by atoms with E-state index < -0.39 is 24.4 Å². The number of halogens is 3. The summed E-state index contributed by atoms with van der Waals surface area (Å²) in [6.45, 7) is -0.197. The smallest absolute Gasteiger partial charge is 0.350 e. The molecule has 0 aliphatic heterocycles. The van der Waals surface area contributed by atoms with Crippen molar-refractivity contribution in [2.45, 2.75) is 25.6 Å². The highest BCUT2D eigenvalue weighted by molar-refractivity contribution is 5.26. The first-order chi connectivity index (χ1) is 8.84. The van der Waals surface area contributed by atoms with Gasteiger partial charge in [-0.15, -0.1) is 0 Å². The largest absolute Gasteiger partial charge is 0.389 e. The van der Waals surface area contributed by atoms with Gasteiger partial charge in [0.15, 0.2) is 5.41 Å². The van der Waals surface area contributed by atoms with E-state index in [0.717, 1.165) is 0 Å². The lowest BCUT2D eigenvalue weighted by atomic mass is 9.86. The van der Waals surface area contributed by atoms with E-state index in [-0.39, 0.29) is 6.54 Å². The van der Waals surface area contributed by atoms with E-state index >= 15 is 0 Å². The Morgan fingerprint density at radius 1 is 1.11 bits per heavy atom. The van der Waals surface area contributed by atoms with Crippen molar-refractivity contribution in [3.63, 3.8) is 0 Å². The number of hydrogen-bond donors (Lipinski definition) is 0. The minimum Gasteiger partial charge on any atom is -0.350 e. The Bertz CT molecular complexity index is 552. The van der Waals surface area contributed by atoms with Crippen molar-refractivity contribution < 1.29 is 13.2 Å². The Kier molecular flexibility index (Phi) is 4.19. The first-order valence-corrected chi connectivity index (χ1v) is 5.29. The Morgan fingerprint density at radius 2 is 1.74 bits per heavy atom. The van der Waals surface area contributed by atoms with Crippen LogP contribution in [0.15, 0.2) is 18.5 Å². The molecule has 0 amide bonds. The lowest BCUT2D eigenvalue weighted by molar-refractivity contribution is -0.138. The van der Waals surface area contributed by atoms with Crippen LogP contribution in [0.1, 0.15) is 18.4 Å². The quantitative estimate of drug-likeness (QED) is 0.840. The van der Waals surface area contributed by atoms with E-state index in [1.165, 1.54) is 23.0 Å². The van der Waals surface area contributed by atoms with Crippen LogP contribution in [-0.2, 0) is 6.54 Å². The number of alkyl halides is 3. The lowest BCUT2D eigenvalue weighted by Crippen LogP contribution is -2.25. The lowest BCUT2D eigenvalue weighted by Gasteiger charge is -2.20. The van der Waals surface area contributed by atoms with Crippen molar-refractivity contribution in [1.29, 1.82) is 15.8 Å². The third kappa shape index (κ3) is 4.04. The molecule has 0 aliphatic rings. The molecule has 0 radical (unpaired) electrons. The van der Waals surface area contributed by atoms with Gasteiger partial charge < -0.3 is 4.57 Å². The molecule has 1 heterocycles. The first kappa shape index (κ1) is 14.6. The molecule has 4 nitrogen and oxygen atoms in total. The predicted octanol–water partition coefficient (Wildman–Crippen LogP) is 2.74. The summed E-state index contributed by atoms with van der Waals surface area (Å²) in [7, 11) is 0. The molecular weight excluding hydrogens is 257 g/mol. The summed E-state index contributed by atoms with van der Waals surface area (Å²) < 4.78 is 37.9. The molecule has 0 aromatic carbocycles. The maximum Gasteiger partial charge on any atom is 0.389 e. The highest BCUT2D eigenvalue weighted by Gasteiger charge is 2.37. The molecule has 1 rings (SSSR count). The number of hydrogen-bond acceptors (Lipinski definition) is 3. The minimum atomic E-state index is -4.41. The van der Waals surface area contributed by atoms with Gasteiger partial charge in [-0.25, -0.2) is 0 Å². The van der Waals surface area contributed by atoms with Crippen molar-refractivity contribution in [3.05, 3.63) is 24.0 Å². The number of nitrogens with zero attached hydrogens (tertiary/aromatic N) is 4. The number of aromatic nitrogens is 1. The zero-order chi connectivity index (χ0) is 14.5. The highest BCUT2D eigenvalue weighted by Crippen LogP contribution is 2.31. The summed E-state index contributed by atoms with van der Waals surface area (Å²) in [5.74, 6) is 0. The van der Waals surface area contributed by atoms with Crippen LogP contribution in [0.5, 0.6) is 0 Å². The Morgan fingerprint density at radius 3 is 2.16 bits per heavy atom. The van der Waals surface area contributed by atoms with Crippen LogP contribution in [-0.4, -0.2) is 10.7 Å². The Labute approximate surface area is 107 Å². The standard InChI is InChI=1S/C12H9F3N4/c13-12(14,15)3-2-11(7-17,8-18)9-19-4-1-10(5-16)6-19/h1,4,6H,2-3,9H2. The Balaban J connectivity index is 2.86. The van der Waals surface area contributed by atoms with Gasteiger partial charge >= 0.3 is 6.18 Å². The van der Waals surface area contributed by atoms with Crippen LogP contribution in [0.4, 0.5) is 13.2 Å². The van der Waals surface area contributed by atoms with Crippen LogP contribution < -0.4 is 0 Å². The molecule has 1 aromatic rings. The van der Waals surface area contributed by atoms with Crippen molar-refractivity contribution in [3.8, 4) is 18.2 Å². The molecule has 0 aliphatic carbocycles. The fraction of sp³-hybridized carbons (Fsp3) is 0.417. The van der Waals surface area contributed by atoms with Gasteiger partial charge in [0.1, 0.15) is 6.07 Å². The van der Waals surface area contributed by atoms with E-state index in [0.29, 0.717) is 5.56 Å². The van der Waals surface area contributed by atoms with Crippen LogP contribution in [0.2, 0.25) is 0 Å². The summed E-state index contributed by atoms with van der Waals surface area (Å²) in [4.78, 5) is 0. The second-order valence-electron chi connectivity index (χ2n) is 4.11. The molecule has 19 heavy (non-hydrogen) atoms. The predicted molar refractivity (Wildman–Crippen MR) is 58.1 cm³/mol. The molecule has 7 heteroatoms. The third-order valence-corrected chi connectivity index (χ3v) is 2.60. The van der Waals surface area contributed by atoms with Gasteiger partial charge in [-0.2, -0.15) is 29.0 Å². The zero-order valence-corrected chi connectivity index (χ0v) is 9.78. The van der Waals surface area contributed by atoms with Gasteiger partial charge in [0.25, 0.3) is 0 Å². The Hall–Kier alpha value is -2.46. The van der Waals surface area contributed by atoms with Gasteiger partial charge in [0, 0.05) is 18.8 Å². The van der Waals surface area contributed by atoms with Crippen LogP contribution in [0.3, 0.4) is 0 Å². The van der Waals surface area contributed by atoms with Crippen molar-refractivity contribution >= 4 is 0 Å². The van der Waals surface area contributed by atoms with Crippen molar-refractivity contribution in [1.82, 2.24) is 4.57 Å². The van der Waals surface area contributed by atoms with Gasteiger partial charge in [0.05, 0.1) is 24.2 Å². The molecule has 0 atom stereocenters. The maximum atomic E-state index is 12.2. The highest BCUT2D eigenvalue weighted by atomic mass is 19.4. The third-order valence-electron chi connectivity index (χ3n) is 2.60. The molecule has 0 saturated heterocycles. The molecule has 98 valence electrons. The van der Waals surface area contributed by atoms with Gasteiger partial charge in [-0.3, -0.25) is 0 Å². The summed E-state index contributed by atoms with van der Waals surface area (Å²) in [5.41, 5.74) is -1.43. The molecule has 0 unspecified atom stereocenters. The second kappa shape index (κ2) is 5.46. The number of rotatable bonds is 4. The van der Waals surface area contributed by atoms with Crippen LogP contribution in [0, 0.1) is 39.4 Å². The van der Waals surface area contributed by atoms with E-state index in [4.69, 9.17) is 15.8 Å². The fourth-order valence-electron chi connectivity index (χ4n) is 1.56. The maximum absolute atomic E-state index is 12.2. The molecule has 0 bridgehead atoms. The van der Waals surface area contributed by atoms with Gasteiger partial charge in [-0.05, 0) is 12.5 Å². The van der Waals surface area contributed by atoms with E-state index in [1.54, 1.807) is 12.1 Å². The average Bonchev–Trinajstić information content (AvgIpc) is 2.81. The van der Waals surface area contributed by atoms with Gasteiger partial charge in [-0.1, -0.05) is 0 Å². The molecule has 0 fully saturated rings. The van der Waals surface area contributed by atoms with Gasteiger partial charge in [0.2, 0.25) is 0 Å². The molecule has 0 N–H and O–H groups in total. The van der Waals surface area contributed by atoms with Crippen LogP contribution in [0.25, 0.3) is 0 Å². The van der Waals surface area contributed by atoms with E-state index in [2.05, 4.69) is 0 Å². The van der Waals surface area contributed by atoms with Crippen molar-refractivity contribution in [2.75, 3.05) is 0 Å². The normalized spacial score (nSPS) is 11.4. The molecule has 0 spiro atoms. The summed E-state index contributed by atoms with van der Waals surface area (Å²) in [6.07, 6.45) is -3.36. The van der Waals surface area contributed by atoms with E-state index in [9.17, 15) is 13.2 Å². The SMILES string of the molecule is N#Cc1ccn(CC(C#N)(C#N)CCC(F)(F)F)c1. The fourth-order valence-corrected chi connectivity index (χ4v) is 1.56. The molecule has 0 saturated carbocycles. The average molecular weight is 266 g/mol. The second-order valence-corrected chi connectivity index (χ2v) is 4.11. The minimum absolute atomic E-state index is 0.197. The van der Waals surface area contributed by atoms with E-state index in [1.807, 2.05) is 6.07 Å². The summed E-state index contributed by atoms with van der Waals surface area (Å²) in [6, 6.07) is 6.62. The number of nitriles is 3. The first-order valence-electron chi connectivity index (χ1n) is 5.29.